The number of fused-ring (bicyclic) bond motifs is 3. The third-order valence-corrected chi connectivity index (χ3v) is 6.58. The third kappa shape index (κ3) is 2.78. The Morgan fingerprint density at radius 2 is 2.09 bits per heavy atom. The number of allylic oxidation sites excluding steroid dienone is 4. The number of carboxylic acid groups (broad SMARTS) is 1. The molecule has 0 aliphatic heterocycles. The summed E-state index contributed by atoms with van der Waals surface area (Å²) < 4.78 is 0. The van der Waals surface area contributed by atoms with E-state index < -0.39 is 11.6 Å². The van der Waals surface area contributed by atoms with Crippen LogP contribution in [0.1, 0.15) is 52.4 Å². The molecule has 0 radical (unpaired) electrons. The van der Waals surface area contributed by atoms with E-state index in [4.69, 9.17) is 5.11 Å². The van der Waals surface area contributed by atoms with Crippen LogP contribution < -0.4 is 0 Å². The maximum atomic E-state index is 11.7. The summed E-state index contributed by atoms with van der Waals surface area (Å²) >= 11 is 0. The number of rotatable bonds is 3. The first-order valence-electron chi connectivity index (χ1n) is 8.62. The van der Waals surface area contributed by atoms with Crippen molar-refractivity contribution in [2.75, 3.05) is 0 Å². The van der Waals surface area contributed by atoms with Crippen molar-refractivity contribution in [3.8, 4) is 0 Å². The zero-order chi connectivity index (χ0) is 16.8. The molecule has 3 aliphatic carbocycles. The van der Waals surface area contributed by atoms with Gasteiger partial charge in [0.15, 0.2) is 5.78 Å². The van der Waals surface area contributed by atoms with Crippen molar-refractivity contribution in [1.29, 1.82) is 0 Å². The Morgan fingerprint density at radius 3 is 2.78 bits per heavy atom. The van der Waals surface area contributed by atoms with Crippen molar-refractivity contribution in [2.45, 2.75) is 58.0 Å². The first kappa shape index (κ1) is 16.4. The SMILES string of the molecule is C[C@]1(O)CC[C@H]2[C@@H](CCC3=CC(=O)C=C[C@@]32C)[C@@H]1CCC(=O)O. The lowest BCUT2D eigenvalue weighted by molar-refractivity contribution is -0.140. The van der Waals surface area contributed by atoms with Crippen molar-refractivity contribution >= 4 is 11.8 Å². The van der Waals surface area contributed by atoms with Crippen LogP contribution in [0.25, 0.3) is 0 Å². The summed E-state index contributed by atoms with van der Waals surface area (Å²) in [5.74, 6) is -0.0134. The van der Waals surface area contributed by atoms with E-state index in [-0.39, 0.29) is 23.5 Å². The van der Waals surface area contributed by atoms with Gasteiger partial charge in [-0.05, 0) is 68.9 Å². The van der Waals surface area contributed by atoms with E-state index in [2.05, 4.69) is 13.0 Å². The minimum Gasteiger partial charge on any atom is -0.481 e. The molecule has 3 aliphatic rings. The maximum absolute atomic E-state index is 11.7. The summed E-state index contributed by atoms with van der Waals surface area (Å²) in [4.78, 5) is 22.7. The minimum absolute atomic E-state index is 0.0155. The molecule has 0 spiro atoms. The molecule has 4 heteroatoms. The van der Waals surface area contributed by atoms with Crippen molar-refractivity contribution < 1.29 is 19.8 Å². The highest BCUT2D eigenvalue weighted by atomic mass is 16.4. The summed E-state index contributed by atoms with van der Waals surface area (Å²) in [5.41, 5.74) is 0.307. The van der Waals surface area contributed by atoms with Crippen molar-refractivity contribution in [3.63, 3.8) is 0 Å². The number of carbonyl (C=O) groups excluding carboxylic acids is 1. The number of ketones is 1. The number of hydrogen-bond acceptors (Lipinski definition) is 3. The standard InChI is InChI=1S/C19H26O4/c1-18-9-7-13(20)11-12(18)3-4-14-15(18)8-10-19(2,23)16(14)5-6-17(21)22/h7,9,11,14-16,23H,3-6,8,10H2,1-2H3,(H,21,22)/t14-,15+,16+,18+,19+/m1/s1. The highest BCUT2D eigenvalue weighted by molar-refractivity contribution is 6.01. The Hall–Kier alpha value is -1.42. The normalized spacial score (nSPS) is 42.7. The fourth-order valence-corrected chi connectivity index (χ4v) is 5.30. The smallest absolute Gasteiger partial charge is 0.303 e. The van der Waals surface area contributed by atoms with Crippen LogP contribution in [0.3, 0.4) is 0 Å². The summed E-state index contributed by atoms with van der Waals surface area (Å²) in [5, 5.41) is 19.9. The van der Waals surface area contributed by atoms with Gasteiger partial charge in [0.25, 0.3) is 0 Å². The van der Waals surface area contributed by atoms with Crippen molar-refractivity contribution in [2.24, 2.45) is 23.2 Å². The van der Waals surface area contributed by atoms with E-state index in [0.29, 0.717) is 24.7 Å². The number of aliphatic carboxylic acids is 1. The quantitative estimate of drug-likeness (QED) is 0.838. The molecule has 0 bridgehead atoms. The molecule has 2 saturated carbocycles. The zero-order valence-corrected chi connectivity index (χ0v) is 13.9. The molecule has 0 saturated heterocycles. The predicted octanol–water partition coefficient (Wildman–Crippen LogP) is 3.11. The average molecular weight is 318 g/mol. The van der Waals surface area contributed by atoms with Crippen LogP contribution in [-0.2, 0) is 9.59 Å². The van der Waals surface area contributed by atoms with Crippen LogP contribution in [0.5, 0.6) is 0 Å². The van der Waals surface area contributed by atoms with E-state index in [0.717, 1.165) is 19.3 Å². The topological polar surface area (TPSA) is 74.6 Å². The van der Waals surface area contributed by atoms with Gasteiger partial charge in [0, 0.05) is 11.8 Å². The Kier molecular flexibility index (Phi) is 3.99. The Balaban J connectivity index is 1.90. The second kappa shape index (κ2) is 5.59. The second-order valence-electron chi connectivity index (χ2n) is 7.93. The molecule has 2 fully saturated rings. The summed E-state index contributed by atoms with van der Waals surface area (Å²) in [7, 11) is 0. The number of carboxylic acids is 1. The molecule has 0 heterocycles. The molecule has 2 N–H and O–H groups in total. The Morgan fingerprint density at radius 1 is 1.35 bits per heavy atom. The van der Waals surface area contributed by atoms with E-state index in [1.54, 1.807) is 12.2 Å². The molecule has 3 rings (SSSR count). The summed E-state index contributed by atoms with van der Waals surface area (Å²) in [6, 6.07) is 0. The highest BCUT2D eigenvalue weighted by Crippen LogP contribution is 2.59. The van der Waals surface area contributed by atoms with E-state index >= 15 is 0 Å². The Labute approximate surface area is 137 Å². The van der Waals surface area contributed by atoms with Gasteiger partial charge in [-0.3, -0.25) is 9.59 Å². The number of hydrogen-bond donors (Lipinski definition) is 2. The van der Waals surface area contributed by atoms with Gasteiger partial charge in [-0.1, -0.05) is 18.6 Å². The second-order valence-corrected chi connectivity index (χ2v) is 7.93. The molecule has 0 unspecified atom stereocenters. The highest BCUT2D eigenvalue weighted by Gasteiger charge is 2.53. The minimum atomic E-state index is -0.798. The van der Waals surface area contributed by atoms with Gasteiger partial charge in [-0.25, -0.2) is 0 Å². The van der Waals surface area contributed by atoms with Gasteiger partial charge >= 0.3 is 5.97 Å². The monoisotopic (exact) mass is 318 g/mol. The average Bonchev–Trinajstić information content (AvgIpc) is 2.46. The van der Waals surface area contributed by atoms with Gasteiger partial charge in [0.05, 0.1) is 5.60 Å². The third-order valence-electron chi connectivity index (χ3n) is 6.58. The largest absolute Gasteiger partial charge is 0.481 e. The van der Waals surface area contributed by atoms with Crippen LogP contribution >= 0.6 is 0 Å². The van der Waals surface area contributed by atoms with Gasteiger partial charge < -0.3 is 10.2 Å². The summed E-state index contributed by atoms with van der Waals surface area (Å²) in [6.07, 6.45) is 9.58. The lowest BCUT2D eigenvalue weighted by Crippen LogP contribution is -2.52. The van der Waals surface area contributed by atoms with Crippen LogP contribution in [0.15, 0.2) is 23.8 Å². The van der Waals surface area contributed by atoms with E-state index in [1.165, 1.54) is 5.57 Å². The van der Waals surface area contributed by atoms with E-state index in [1.807, 2.05) is 6.92 Å². The Bertz CT molecular complexity index is 586. The lowest BCUT2D eigenvalue weighted by atomic mass is 9.49. The van der Waals surface area contributed by atoms with Crippen molar-refractivity contribution in [3.05, 3.63) is 23.8 Å². The molecule has 4 nitrogen and oxygen atoms in total. The van der Waals surface area contributed by atoms with Crippen LogP contribution in [0, 0.1) is 23.2 Å². The molecule has 0 aromatic rings. The first-order chi connectivity index (χ1) is 10.7. The van der Waals surface area contributed by atoms with Crippen LogP contribution in [-0.4, -0.2) is 27.6 Å². The van der Waals surface area contributed by atoms with E-state index in [9.17, 15) is 14.7 Å². The lowest BCUT2D eigenvalue weighted by Gasteiger charge is -2.56. The first-order valence-corrected chi connectivity index (χ1v) is 8.62. The summed E-state index contributed by atoms with van der Waals surface area (Å²) in [6.45, 7) is 4.07. The van der Waals surface area contributed by atoms with Gasteiger partial charge in [0.1, 0.15) is 0 Å². The number of carbonyl (C=O) groups is 2. The zero-order valence-electron chi connectivity index (χ0n) is 13.9. The van der Waals surface area contributed by atoms with Gasteiger partial charge in [-0.2, -0.15) is 0 Å². The molecule has 5 atom stereocenters. The fourth-order valence-electron chi connectivity index (χ4n) is 5.30. The number of aliphatic hydroxyl groups is 1. The predicted molar refractivity (Wildman–Crippen MR) is 86.8 cm³/mol. The fraction of sp³-hybridized carbons (Fsp3) is 0.684. The maximum Gasteiger partial charge on any atom is 0.303 e. The molecule has 0 aromatic heterocycles. The molecule has 0 amide bonds. The molecule has 0 aromatic carbocycles. The molecule has 23 heavy (non-hydrogen) atoms. The van der Waals surface area contributed by atoms with Crippen LogP contribution in [0.2, 0.25) is 0 Å². The molecular weight excluding hydrogens is 292 g/mol. The van der Waals surface area contributed by atoms with Gasteiger partial charge in [0.2, 0.25) is 0 Å². The molecular formula is C19H26O4. The van der Waals surface area contributed by atoms with Crippen molar-refractivity contribution in [1.82, 2.24) is 0 Å². The van der Waals surface area contributed by atoms with Crippen LogP contribution in [0.4, 0.5) is 0 Å². The van der Waals surface area contributed by atoms with Gasteiger partial charge in [-0.15, -0.1) is 0 Å². The molecule has 126 valence electrons.